The van der Waals surface area contributed by atoms with E-state index in [1.807, 2.05) is 0 Å². The van der Waals surface area contributed by atoms with Gasteiger partial charge in [-0.25, -0.2) is 0 Å². The Balaban J connectivity index is 1.31. The molecule has 0 bridgehead atoms. The second kappa shape index (κ2) is 18.5. The van der Waals surface area contributed by atoms with E-state index in [4.69, 9.17) is 0 Å². The molecule has 0 aliphatic carbocycles. The number of nitrogens with zero attached hydrogens (tertiary/aromatic N) is 1. The molecule has 2 rings (SSSR count). The van der Waals surface area contributed by atoms with Gasteiger partial charge in [0.05, 0.1) is 0 Å². The zero-order valence-electron chi connectivity index (χ0n) is 20.7. The second-order valence-electron chi connectivity index (χ2n) is 9.96. The Morgan fingerprint density at radius 3 is 1.97 bits per heavy atom. The van der Waals surface area contributed by atoms with E-state index in [2.05, 4.69) is 54.3 Å². The maximum Gasteiger partial charge on any atom is 0.0233 e. The van der Waals surface area contributed by atoms with E-state index >= 15 is 0 Å². The van der Waals surface area contributed by atoms with E-state index in [-0.39, 0.29) is 0 Å². The molecule has 176 valence electrons. The maximum absolute atomic E-state index is 2.65. The first-order chi connectivity index (χ1) is 15.4. The highest BCUT2D eigenvalue weighted by Crippen LogP contribution is 2.24. The first kappa shape index (κ1) is 26.2. The Kier molecular flexibility index (Phi) is 15.6. The molecule has 1 aliphatic rings. The Labute approximate surface area is 194 Å². The summed E-state index contributed by atoms with van der Waals surface area (Å²) in [5.41, 5.74) is 1.47. The Hall–Kier alpha value is -1.08. The van der Waals surface area contributed by atoms with Crippen molar-refractivity contribution in [2.45, 2.75) is 123 Å². The number of rotatable bonds is 19. The third-order valence-electron chi connectivity index (χ3n) is 6.99. The molecule has 0 radical (unpaired) electrons. The minimum Gasteiger partial charge on any atom is -0.299 e. The van der Waals surface area contributed by atoms with E-state index in [1.54, 1.807) is 0 Å². The van der Waals surface area contributed by atoms with Crippen LogP contribution in [-0.2, 0) is 6.54 Å². The first-order valence-corrected chi connectivity index (χ1v) is 13.8. The van der Waals surface area contributed by atoms with Gasteiger partial charge in [-0.15, -0.1) is 0 Å². The average Bonchev–Trinajstić information content (AvgIpc) is 3.23. The highest BCUT2D eigenvalue weighted by molar-refractivity contribution is 5.14. The Morgan fingerprint density at radius 2 is 1.32 bits per heavy atom. The fourth-order valence-corrected chi connectivity index (χ4v) is 4.99. The lowest BCUT2D eigenvalue weighted by molar-refractivity contribution is 0.311. The van der Waals surface area contributed by atoms with Crippen LogP contribution >= 0.6 is 0 Å². The van der Waals surface area contributed by atoms with Crippen LogP contribution in [0.1, 0.15) is 122 Å². The molecule has 0 saturated carbocycles. The number of hydrogen-bond donors (Lipinski definition) is 0. The fraction of sp³-hybridized carbons (Fsp3) is 0.733. The topological polar surface area (TPSA) is 3.24 Å². The highest BCUT2D eigenvalue weighted by Gasteiger charge is 2.21. The van der Waals surface area contributed by atoms with Crippen molar-refractivity contribution >= 4 is 0 Å². The standard InChI is InChI=1S/C30H51N/c1-2-3-4-5-6-7-8-9-10-11-12-13-14-15-16-17-19-24-30-25-26-31(28-30)27-29-22-20-18-21-23-29/h9-10,18,20-23,30H,2-8,11-17,19,24-28H2,1H3/b10-9-. The van der Waals surface area contributed by atoms with Crippen molar-refractivity contribution in [3.05, 3.63) is 48.0 Å². The molecule has 1 aromatic rings. The molecule has 1 aromatic carbocycles. The Morgan fingerprint density at radius 1 is 0.742 bits per heavy atom. The van der Waals surface area contributed by atoms with Gasteiger partial charge in [-0.05, 0) is 56.6 Å². The average molecular weight is 426 g/mol. The van der Waals surface area contributed by atoms with Gasteiger partial charge in [-0.1, -0.05) is 120 Å². The minimum absolute atomic E-state index is 0.951. The second-order valence-corrected chi connectivity index (χ2v) is 9.96. The van der Waals surface area contributed by atoms with E-state index < -0.39 is 0 Å². The van der Waals surface area contributed by atoms with Crippen LogP contribution in [0.5, 0.6) is 0 Å². The molecule has 0 amide bonds. The molecule has 1 heterocycles. The van der Waals surface area contributed by atoms with Gasteiger partial charge in [0, 0.05) is 13.1 Å². The van der Waals surface area contributed by atoms with E-state index in [0.29, 0.717) is 0 Å². The van der Waals surface area contributed by atoms with Gasteiger partial charge in [-0.3, -0.25) is 4.90 Å². The zero-order valence-corrected chi connectivity index (χ0v) is 20.7. The minimum atomic E-state index is 0.951. The Bertz CT molecular complexity index is 535. The number of hydrogen-bond acceptors (Lipinski definition) is 1. The van der Waals surface area contributed by atoms with Crippen LogP contribution in [0.15, 0.2) is 42.5 Å². The van der Waals surface area contributed by atoms with Crippen LogP contribution in [0.2, 0.25) is 0 Å². The smallest absolute Gasteiger partial charge is 0.0233 e. The van der Waals surface area contributed by atoms with Crippen LogP contribution in [0, 0.1) is 5.92 Å². The summed E-state index contributed by atoms with van der Waals surface area (Å²) in [5, 5.41) is 0. The summed E-state index contributed by atoms with van der Waals surface area (Å²) in [7, 11) is 0. The van der Waals surface area contributed by atoms with Crippen LogP contribution < -0.4 is 0 Å². The molecule has 0 spiro atoms. The van der Waals surface area contributed by atoms with Gasteiger partial charge >= 0.3 is 0 Å². The molecule has 0 aromatic heterocycles. The lowest BCUT2D eigenvalue weighted by Gasteiger charge is -2.16. The van der Waals surface area contributed by atoms with Gasteiger partial charge in [0.1, 0.15) is 0 Å². The first-order valence-electron chi connectivity index (χ1n) is 13.8. The molecule has 1 unspecified atom stereocenters. The molecular formula is C30H51N. The summed E-state index contributed by atoms with van der Waals surface area (Å²) in [6.07, 6.45) is 28.9. The van der Waals surface area contributed by atoms with Gasteiger partial charge < -0.3 is 0 Å². The van der Waals surface area contributed by atoms with Crippen molar-refractivity contribution in [2.75, 3.05) is 13.1 Å². The SMILES string of the molecule is CCCCCCCC/C=C\CCCCCCCCCC1CCN(Cc2ccccc2)C1. The lowest BCUT2D eigenvalue weighted by Crippen LogP contribution is -2.20. The summed E-state index contributed by atoms with van der Waals surface area (Å²) < 4.78 is 0. The maximum atomic E-state index is 2.65. The van der Waals surface area contributed by atoms with Crippen LogP contribution in [0.25, 0.3) is 0 Å². The predicted octanol–water partition coefficient (Wildman–Crippen LogP) is 9.33. The molecule has 0 N–H and O–H groups in total. The van der Waals surface area contributed by atoms with Gasteiger partial charge in [-0.2, -0.15) is 0 Å². The van der Waals surface area contributed by atoms with Crippen LogP contribution in [0.4, 0.5) is 0 Å². The molecule has 1 fully saturated rings. The highest BCUT2D eigenvalue weighted by atomic mass is 15.1. The van der Waals surface area contributed by atoms with E-state index in [1.165, 1.54) is 128 Å². The van der Waals surface area contributed by atoms with Crippen molar-refractivity contribution < 1.29 is 0 Å². The molecule has 1 heteroatoms. The predicted molar refractivity (Wildman–Crippen MR) is 139 cm³/mol. The van der Waals surface area contributed by atoms with Crippen molar-refractivity contribution in [2.24, 2.45) is 5.92 Å². The molecule has 1 atom stereocenters. The number of unbranched alkanes of at least 4 members (excludes halogenated alkanes) is 13. The third kappa shape index (κ3) is 13.8. The third-order valence-corrected chi connectivity index (χ3v) is 6.99. The zero-order chi connectivity index (χ0) is 21.8. The van der Waals surface area contributed by atoms with Crippen molar-refractivity contribution in [3.8, 4) is 0 Å². The molecular weight excluding hydrogens is 374 g/mol. The molecule has 1 saturated heterocycles. The van der Waals surface area contributed by atoms with Crippen LogP contribution in [0.3, 0.4) is 0 Å². The summed E-state index contributed by atoms with van der Waals surface area (Å²) in [4.78, 5) is 2.65. The molecule has 1 nitrogen and oxygen atoms in total. The van der Waals surface area contributed by atoms with Gasteiger partial charge in [0.2, 0.25) is 0 Å². The summed E-state index contributed by atoms with van der Waals surface area (Å²) in [6.45, 7) is 6.06. The monoisotopic (exact) mass is 425 g/mol. The number of benzene rings is 1. The normalized spacial score (nSPS) is 17.1. The summed E-state index contributed by atoms with van der Waals surface area (Å²) >= 11 is 0. The van der Waals surface area contributed by atoms with Crippen molar-refractivity contribution in [3.63, 3.8) is 0 Å². The van der Waals surface area contributed by atoms with E-state index in [9.17, 15) is 0 Å². The number of allylic oxidation sites excluding steroid dienone is 2. The van der Waals surface area contributed by atoms with E-state index in [0.717, 1.165) is 12.5 Å². The summed E-state index contributed by atoms with van der Waals surface area (Å²) in [5.74, 6) is 0.951. The lowest BCUT2D eigenvalue weighted by atomic mass is 9.99. The largest absolute Gasteiger partial charge is 0.299 e. The van der Waals surface area contributed by atoms with Crippen molar-refractivity contribution in [1.82, 2.24) is 4.90 Å². The van der Waals surface area contributed by atoms with Gasteiger partial charge in [0.25, 0.3) is 0 Å². The fourth-order valence-electron chi connectivity index (χ4n) is 4.99. The molecule has 1 aliphatic heterocycles. The summed E-state index contributed by atoms with van der Waals surface area (Å²) in [6, 6.07) is 11.0. The molecule has 31 heavy (non-hydrogen) atoms. The number of likely N-dealkylation sites (tertiary alicyclic amines) is 1. The van der Waals surface area contributed by atoms with Crippen LogP contribution in [-0.4, -0.2) is 18.0 Å². The van der Waals surface area contributed by atoms with Gasteiger partial charge in [0.15, 0.2) is 0 Å². The van der Waals surface area contributed by atoms with Crippen molar-refractivity contribution in [1.29, 1.82) is 0 Å². The quantitative estimate of drug-likeness (QED) is 0.158.